The van der Waals surface area contributed by atoms with Crippen LogP contribution in [-0.4, -0.2) is 34.7 Å². The number of hydrogen-bond donors (Lipinski definition) is 2. The van der Waals surface area contributed by atoms with Crippen molar-refractivity contribution in [3.8, 4) is 0 Å². The Labute approximate surface area is 95.2 Å². The first-order chi connectivity index (χ1) is 7.24. The third kappa shape index (κ3) is 3.81. The molecule has 1 rings (SSSR count). The van der Waals surface area contributed by atoms with Crippen LogP contribution in [0.25, 0.3) is 0 Å². The Morgan fingerprint density at radius 1 is 1.56 bits per heavy atom. The van der Waals surface area contributed by atoms with Crippen LogP contribution >= 0.6 is 0 Å². The highest BCUT2D eigenvalue weighted by Gasteiger charge is 2.43. The van der Waals surface area contributed by atoms with Crippen LogP contribution in [0.2, 0.25) is 0 Å². The van der Waals surface area contributed by atoms with Gasteiger partial charge >= 0.3 is 6.09 Å². The quantitative estimate of drug-likeness (QED) is 0.752. The minimum absolute atomic E-state index is 0.000498. The van der Waals surface area contributed by atoms with Gasteiger partial charge in [-0.25, -0.2) is 4.79 Å². The fraction of sp³-hybridized carbons (Fsp3) is 0.818. The lowest BCUT2D eigenvalue weighted by Gasteiger charge is -2.42. The molecule has 0 spiro atoms. The van der Waals surface area contributed by atoms with E-state index >= 15 is 0 Å². The maximum Gasteiger partial charge on any atom is 0.407 e. The van der Waals surface area contributed by atoms with Crippen molar-refractivity contribution >= 4 is 12.4 Å². The van der Waals surface area contributed by atoms with Crippen LogP contribution in [0.15, 0.2) is 0 Å². The maximum absolute atomic E-state index is 11.3. The first-order valence-electron chi connectivity index (χ1n) is 5.31. The van der Waals surface area contributed by atoms with E-state index in [1.54, 1.807) is 27.1 Å². The molecule has 91 valence electrons. The van der Waals surface area contributed by atoms with Crippen LogP contribution in [0.3, 0.4) is 0 Å². The third-order valence-corrected chi connectivity index (χ3v) is 2.37. The van der Waals surface area contributed by atoms with Gasteiger partial charge in [-0.1, -0.05) is 0 Å². The van der Waals surface area contributed by atoms with Crippen LogP contribution in [0.1, 0.15) is 40.0 Å². The summed E-state index contributed by atoms with van der Waals surface area (Å²) in [5.41, 5.74) is -1.51. The average Bonchev–Trinajstić information content (AvgIpc) is 1.97. The minimum Gasteiger partial charge on any atom is -0.444 e. The number of alkyl carbamates (subject to hydrolysis) is 1. The molecule has 1 aliphatic carbocycles. The average molecular weight is 228 g/mol. The van der Waals surface area contributed by atoms with Crippen molar-refractivity contribution in [1.82, 2.24) is 5.32 Å². The van der Waals surface area contributed by atoms with Gasteiger partial charge < -0.3 is 15.2 Å². The summed E-state index contributed by atoms with van der Waals surface area (Å²) in [5, 5.41) is 12.3. The molecule has 0 atom stereocenters. The molecule has 0 aromatic rings. The SMILES string of the molecule is CC(C)(C)OC(=O)NC1CC(O)(C[C]=O)C1. The lowest BCUT2D eigenvalue weighted by atomic mass is 9.74. The molecule has 2 N–H and O–H groups in total. The lowest BCUT2D eigenvalue weighted by Crippen LogP contribution is -2.55. The van der Waals surface area contributed by atoms with Crippen LogP contribution in [0.4, 0.5) is 4.79 Å². The van der Waals surface area contributed by atoms with Gasteiger partial charge in [0.25, 0.3) is 0 Å². The van der Waals surface area contributed by atoms with Crippen molar-refractivity contribution in [1.29, 1.82) is 0 Å². The van der Waals surface area contributed by atoms with Gasteiger partial charge in [-0.15, -0.1) is 0 Å². The molecule has 0 saturated heterocycles. The van der Waals surface area contributed by atoms with E-state index < -0.39 is 17.3 Å². The van der Waals surface area contributed by atoms with E-state index in [1.807, 2.05) is 0 Å². The highest BCUT2D eigenvalue weighted by Crippen LogP contribution is 2.34. The fourth-order valence-corrected chi connectivity index (χ4v) is 1.71. The van der Waals surface area contributed by atoms with E-state index in [9.17, 15) is 14.7 Å². The van der Waals surface area contributed by atoms with Crippen molar-refractivity contribution in [2.24, 2.45) is 0 Å². The maximum atomic E-state index is 11.3. The summed E-state index contributed by atoms with van der Waals surface area (Å²) in [6.45, 7) is 5.35. The molecular weight excluding hydrogens is 210 g/mol. The molecule has 0 aromatic carbocycles. The number of carbonyl (C=O) groups excluding carboxylic acids is 2. The molecule has 0 aliphatic heterocycles. The monoisotopic (exact) mass is 228 g/mol. The zero-order valence-electron chi connectivity index (χ0n) is 9.87. The van der Waals surface area contributed by atoms with E-state index in [0.29, 0.717) is 12.8 Å². The van der Waals surface area contributed by atoms with Crippen LogP contribution in [-0.2, 0) is 9.53 Å². The Hall–Kier alpha value is -1.10. The van der Waals surface area contributed by atoms with Gasteiger partial charge in [0.2, 0.25) is 6.29 Å². The predicted octanol–water partition coefficient (Wildman–Crippen LogP) is 0.904. The second kappa shape index (κ2) is 4.41. The number of aliphatic hydroxyl groups is 1. The standard InChI is InChI=1S/C11H18NO4/c1-10(2,3)16-9(14)12-8-6-11(15,7-8)4-5-13/h8,15H,4,6-7H2,1-3H3,(H,12,14). The number of ether oxygens (including phenoxy) is 1. The number of amides is 1. The minimum atomic E-state index is -0.985. The molecule has 0 heterocycles. The van der Waals surface area contributed by atoms with E-state index in [0.717, 1.165) is 0 Å². The van der Waals surface area contributed by atoms with Gasteiger partial charge in [0.1, 0.15) is 5.60 Å². The smallest absolute Gasteiger partial charge is 0.407 e. The zero-order chi connectivity index (χ0) is 12.4. The first-order valence-corrected chi connectivity index (χ1v) is 5.31. The van der Waals surface area contributed by atoms with E-state index in [4.69, 9.17) is 4.74 Å². The molecule has 0 unspecified atom stereocenters. The molecule has 1 saturated carbocycles. The van der Waals surface area contributed by atoms with Crippen molar-refractivity contribution in [3.05, 3.63) is 0 Å². The van der Waals surface area contributed by atoms with Crippen molar-refractivity contribution in [2.45, 2.75) is 57.3 Å². The summed E-state index contributed by atoms with van der Waals surface area (Å²) in [5.74, 6) is 0. The lowest BCUT2D eigenvalue weighted by molar-refractivity contribution is -0.0508. The fourth-order valence-electron chi connectivity index (χ4n) is 1.71. The van der Waals surface area contributed by atoms with Crippen molar-refractivity contribution < 1.29 is 19.4 Å². The molecule has 0 bridgehead atoms. The molecule has 1 radical (unpaired) electrons. The Balaban J connectivity index is 2.27. The zero-order valence-corrected chi connectivity index (χ0v) is 9.87. The summed E-state index contributed by atoms with van der Waals surface area (Å²) >= 11 is 0. The molecule has 5 nitrogen and oxygen atoms in total. The number of rotatable bonds is 3. The first kappa shape index (κ1) is 13.0. The molecule has 0 aromatic heterocycles. The van der Waals surface area contributed by atoms with Gasteiger partial charge in [-0.2, -0.15) is 0 Å². The highest BCUT2D eigenvalue weighted by molar-refractivity contribution is 5.68. The summed E-state index contributed by atoms with van der Waals surface area (Å²) in [4.78, 5) is 21.5. The van der Waals surface area contributed by atoms with E-state index in [1.165, 1.54) is 0 Å². The molecule has 1 fully saturated rings. The van der Waals surface area contributed by atoms with Crippen LogP contribution < -0.4 is 5.32 Å². The third-order valence-electron chi connectivity index (χ3n) is 2.37. The van der Waals surface area contributed by atoms with Gasteiger partial charge in [0, 0.05) is 12.5 Å². The second-order valence-electron chi connectivity index (χ2n) is 5.30. The predicted molar refractivity (Wildman–Crippen MR) is 57.7 cm³/mol. The normalized spacial score (nSPS) is 29.1. The van der Waals surface area contributed by atoms with Crippen molar-refractivity contribution in [2.75, 3.05) is 0 Å². The Morgan fingerprint density at radius 3 is 2.56 bits per heavy atom. The summed E-state index contributed by atoms with van der Waals surface area (Å²) in [6, 6.07) is -0.117. The van der Waals surface area contributed by atoms with Gasteiger partial charge in [-0.05, 0) is 33.6 Å². The molecular formula is C11H18NO4. The topological polar surface area (TPSA) is 75.6 Å². The Kier molecular flexibility index (Phi) is 3.57. The van der Waals surface area contributed by atoms with Crippen LogP contribution in [0, 0.1) is 0 Å². The number of hydrogen-bond acceptors (Lipinski definition) is 4. The summed E-state index contributed by atoms with van der Waals surface area (Å²) in [6.07, 6.45) is 1.94. The Bertz CT molecular complexity index is 276. The summed E-state index contributed by atoms with van der Waals surface area (Å²) in [7, 11) is 0. The summed E-state index contributed by atoms with van der Waals surface area (Å²) < 4.78 is 5.06. The molecule has 1 amide bonds. The number of carbonyl (C=O) groups is 1. The van der Waals surface area contributed by atoms with Crippen molar-refractivity contribution in [3.63, 3.8) is 0 Å². The highest BCUT2D eigenvalue weighted by atomic mass is 16.6. The van der Waals surface area contributed by atoms with Crippen LogP contribution in [0.5, 0.6) is 0 Å². The molecule has 5 heteroatoms. The van der Waals surface area contributed by atoms with E-state index in [2.05, 4.69) is 5.32 Å². The molecule has 16 heavy (non-hydrogen) atoms. The van der Waals surface area contributed by atoms with Gasteiger partial charge in [0.05, 0.1) is 5.60 Å². The second-order valence-corrected chi connectivity index (χ2v) is 5.30. The number of nitrogens with one attached hydrogen (secondary N) is 1. The largest absolute Gasteiger partial charge is 0.444 e. The molecule has 1 aliphatic rings. The Morgan fingerprint density at radius 2 is 2.12 bits per heavy atom. The van der Waals surface area contributed by atoms with E-state index in [-0.39, 0.29) is 12.5 Å². The van der Waals surface area contributed by atoms with Gasteiger partial charge in [0.15, 0.2) is 0 Å². The van der Waals surface area contributed by atoms with Gasteiger partial charge in [-0.3, -0.25) is 4.79 Å².